The Kier molecular flexibility index (Phi) is 10.5. The summed E-state index contributed by atoms with van der Waals surface area (Å²) in [7, 11) is 0. The number of nitrogens with one attached hydrogen (secondary N) is 1. The maximum absolute atomic E-state index is 11.1. The highest BCUT2D eigenvalue weighted by Gasteiger charge is 2.05. The first-order chi connectivity index (χ1) is 7.74. The number of hydrogen-bond acceptors (Lipinski definition) is 3. The molecule has 16 heavy (non-hydrogen) atoms. The summed E-state index contributed by atoms with van der Waals surface area (Å²) < 4.78 is 4.87. The molecule has 0 heterocycles. The van der Waals surface area contributed by atoms with E-state index < -0.39 is 0 Å². The van der Waals surface area contributed by atoms with Crippen LogP contribution in [0.4, 0.5) is 0 Å². The normalized spacial score (nSPS) is 12.4. The molecule has 0 saturated carbocycles. The van der Waals surface area contributed by atoms with Crippen LogP contribution in [-0.2, 0) is 9.53 Å². The molecule has 0 aromatic rings. The molecule has 1 atom stereocenters. The van der Waals surface area contributed by atoms with Gasteiger partial charge in [0.2, 0.25) is 0 Å². The van der Waals surface area contributed by atoms with E-state index in [4.69, 9.17) is 4.74 Å². The molecule has 0 aliphatic heterocycles. The minimum atomic E-state index is -0.0779. The molecule has 0 radical (unpaired) electrons. The lowest BCUT2D eigenvalue weighted by atomic mass is 10.1. The van der Waals surface area contributed by atoms with Crippen LogP contribution in [0.2, 0.25) is 0 Å². The monoisotopic (exact) mass is 229 g/mol. The van der Waals surface area contributed by atoms with Crippen LogP contribution in [0.15, 0.2) is 0 Å². The summed E-state index contributed by atoms with van der Waals surface area (Å²) in [5, 5.41) is 3.49. The lowest BCUT2D eigenvalue weighted by molar-refractivity contribution is -0.143. The summed E-state index contributed by atoms with van der Waals surface area (Å²) in [6, 6.07) is 0.613. The van der Waals surface area contributed by atoms with Gasteiger partial charge < -0.3 is 10.1 Å². The molecule has 3 heteroatoms. The third-order valence-corrected chi connectivity index (χ3v) is 2.69. The third-order valence-electron chi connectivity index (χ3n) is 2.69. The Morgan fingerprint density at radius 2 is 2.00 bits per heavy atom. The number of rotatable bonds is 10. The van der Waals surface area contributed by atoms with E-state index in [1.165, 1.54) is 25.7 Å². The molecule has 0 aromatic heterocycles. The van der Waals surface area contributed by atoms with Crippen molar-refractivity contribution in [1.82, 2.24) is 5.32 Å². The van der Waals surface area contributed by atoms with E-state index >= 15 is 0 Å². The molecule has 0 aromatic carbocycles. The topological polar surface area (TPSA) is 38.3 Å². The molecule has 0 amide bonds. The Balaban J connectivity index is 3.43. The van der Waals surface area contributed by atoms with E-state index in [1.54, 1.807) is 0 Å². The molecule has 0 aliphatic rings. The van der Waals surface area contributed by atoms with Gasteiger partial charge in [0.15, 0.2) is 0 Å². The van der Waals surface area contributed by atoms with Crippen LogP contribution in [0.1, 0.15) is 59.3 Å². The van der Waals surface area contributed by atoms with Gasteiger partial charge in [-0.1, -0.05) is 26.7 Å². The maximum Gasteiger partial charge on any atom is 0.305 e. The quantitative estimate of drug-likeness (QED) is 0.462. The molecular formula is C13H27NO2. The molecule has 0 aliphatic carbocycles. The highest BCUT2D eigenvalue weighted by Crippen LogP contribution is 2.04. The van der Waals surface area contributed by atoms with Crippen LogP contribution >= 0.6 is 0 Å². The molecule has 3 nitrogen and oxygen atoms in total. The molecule has 0 spiro atoms. The van der Waals surface area contributed by atoms with Crippen molar-refractivity contribution in [2.75, 3.05) is 13.2 Å². The van der Waals surface area contributed by atoms with Gasteiger partial charge in [0.25, 0.3) is 0 Å². The number of ether oxygens (including phenoxy) is 1. The number of carbonyl (C=O) groups excluding carboxylic acids is 1. The largest absolute Gasteiger partial charge is 0.466 e. The van der Waals surface area contributed by atoms with E-state index in [9.17, 15) is 4.79 Å². The molecule has 0 rings (SSSR count). The first-order valence-electron chi connectivity index (χ1n) is 6.63. The van der Waals surface area contributed by atoms with Crippen molar-refractivity contribution < 1.29 is 9.53 Å². The van der Waals surface area contributed by atoms with Crippen molar-refractivity contribution in [2.45, 2.75) is 65.3 Å². The minimum Gasteiger partial charge on any atom is -0.466 e. The van der Waals surface area contributed by atoms with E-state index in [0.29, 0.717) is 19.1 Å². The van der Waals surface area contributed by atoms with Gasteiger partial charge in [-0.15, -0.1) is 0 Å². The zero-order valence-corrected chi connectivity index (χ0v) is 11.1. The van der Waals surface area contributed by atoms with Gasteiger partial charge in [-0.3, -0.25) is 4.79 Å². The van der Waals surface area contributed by atoms with Crippen molar-refractivity contribution >= 4 is 5.97 Å². The Morgan fingerprint density at radius 1 is 1.25 bits per heavy atom. The standard InChI is InChI=1S/C13H27NO2/c1-4-7-9-12(5-2)14-11-8-10-13(15)16-6-3/h12,14H,4-11H2,1-3H3. The van der Waals surface area contributed by atoms with Gasteiger partial charge in [0.05, 0.1) is 6.61 Å². The lowest BCUT2D eigenvalue weighted by Crippen LogP contribution is -2.29. The smallest absolute Gasteiger partial charge is 0.305 e. The van der Waals surface area contributed by atoms with Crippen LogP contribution in [0, 0.1) is 0 Å². The second kappa shape index (κ2) is 10.9. The fourth-order valence-corrected chi connectivity index (χ4v) is 1.67. The summed E-state index contributed by atoms with van der Waals surface area (Å²) >= 11 is 0. The minimum absolute atomic E-state index is 0.0779. The van der Waals surface area contributed by atoms with Gasteiger partial charge in [-0.05, 0) is 32.7 Å². The molecule has 0 fully saturated rings. The van der Waals surface area contributed by atoms with Gasteiger partial charge in [0, 0.05) is 12.5 Å². The average Bonchev–Trinajstić information content (AvgIpc) is 2.28. The molecule has 96 valence electrons. The van der Waals surface area contributed by atoms with Crippen molar-refractivity contribution in [1.29, 1.82) is 0 Å². The van der Waals surface area contributed by atoms with Crippen molar-refractivity contribution in [3.8, 4) is 0 Å². The van der Waals surface area contributed by atoms with Gasteiger partial charge >= 0.3 is 5.97 Å². The van der Waals surface area contributed by atoms with E-state index in [-0.39, 0.29) is 5.97 Å². The lowest BCUT2D eigenvalue weighted by Gasteiger charge is -2.16. The highest BCUT2D eigenvalue weighted by atomic mass is 16.5. The first-order valence-corrected chi connectivity index (χ1v) is 6.63. The Labute approximate surface area is 99.9 Å². The summed E-state index contributed by atoms with van der Waals surface area (Å²) in [5.41, 5.74) is 0. The molecular weight excluding hydrogens is 202 g/mol. The first kappa shape index (κ1) is 15.4. The van der Waals surface area contributed by atoms with Crippen LogP contribution in [-0.4, -0.2) is 25.2 Å². The summed E-state index contributed by atoms with van der Waals surface area (Å²) in [6.07, 6.45) is 6.35. The Bertz CT molecular complexity index is 171. The average molecular weight is 229 g/mol. The van der Waals surface area contributed by atoms with Gasteiger partial charge in [0.1, 0.15) is 0 Å². The van der Waals surface area contributed by atoms with Gasteiger partial charge in [-0.25, -0.2) is 0 Å². The fraction of sp³-hybridized carbons (Fsp3) is 0.923. The highest BCUT2D eigenvalue weighted by molar-refractivity contribution is 5.69. The zero-order chi connectivity index (χ0) is 12.2. The molecule has 1 N–H and O–H groups in total. The van der Waals surface area contributed by atoms with Crippen molar-refractivity contribution in [3.05, 3.63) is 0 Å². The molecule has 0 saturated heterocycles. The maximum atomic E-state index is 11.1. The molecule has 1 unspecified atom stereocenters. The summed E-state index contributed by atoms with van der Waals surface area (Å²) in [6.45, 7) is 7.67. The number of esters is 1. The zero-order valence-electron chi connectivity index (χ0n) is 11.1. The third kappa shape index (κ3) is 8.72. The second-order valence-corrected chi connectivity index (χ2v) is 4.11. The Hall–Kier alpha value is -0.570. The van der Waals surface area contributed by atoms with Crippen LogP contribution in [0.3, 0.4) is 0 Å². The van der Waals surface area contributed by atoms with Gasteiger partial charge in [-0.2, -0.15) is 0 Å². The van der Waals surface area contributed by atoms with E-state index in [2.05, 4.69) is 19.2 Å². The Morgan fingerprint density at radius 3 is 2.56 bits per heavy atom. The summed E-state index contributed by atoms with van der Waals surface area (Å²) in [5.74, 6) is -0.0779. The van der Waals surface area contributed by atoms with Crippen LogP contribution in [0.5, 0.6) is 0 Å². The number of carbonyl (C=O) groups is 1. The van der Waals surface area contributed by atoms with Crippen LogP contribution < -0.4 is 5.32 Å². The predicted octanol–water partition coefficient (Wildman–Crippen LogP) is 2.89. The number of hydrogen-bond donors (Lipinski definition) is 1. The van der Waals surface area contributed by atoms with E-state index in [0.717, 1.165) is 13.0 Å². The number of unbranched alkanes of at least 4 members (excludes halogenated alkanes) is 1. The van der Waals surface area contributed by atoms with Crippen molar-refractivity contribution in [3.63, 3.8) is 0 Å². The molecule has 0 bridgehead atoms. The van der Waals surface area contributed by atoms with Crippen LogP contribution in [0.25, 0.3) is 0 Å². The van der Waals surface area contributed by atoms with E-state index in [1.807, 2.05) is 6.92 Å². The predicted molar refractivity (Wildman–Crippen MR) is 67.5 cm³/mol. The van der Waals surface area contributed by atoms with Crippen molar-refractivity contribution in [2.24, 2.45) is 0 Å². The SMILES string of the molecule is CCCCC(CC)NCCCC(=O)OCC. The summed E-state index contributed by atoms with van der Waals surface area (Å²) in [4.78, 5) is 11.1. The fourth-order valence-electron chi connectivity index (χ4n) is 1.67. The second-order valence-electron chi connectivity index (χ2n) is 4.11.